The number of aromatic nitrogens is 2. The monoisotopic (exact) mass is 169 g/mol. The van der Waals surface area contributed by atoms with Crippen molar-refractivity contribution in [1.29, 1.82) is 0 Å². The predicted octanol–water partition coefficient (Wildman–Crippen LogP) is 0.846. The smallest absolute Gasteiger partial charge is 0.145 e. The number of nitrogens with two attached hydrogens (primary N) is 1. The molecule has 5 heteroatoms. The molecule has 3 nitrogen and oxygen atoms in total. The largest absolute Gasteiger partial charge is 0.382 e. The number of nitrogens with zero attached hydrogens (tertiary/aromatic N) is 2. The topological polar surface area (TPSA) is 43.8 Å². The zero-order chi connectivity index (χ0) is 5.28. The minimum Gasteiger partial charge on any atom is -0.382 e. The minimum atomic E-state index is 0. The second kappa shape index (κ2) is 4.47. The SMILES string of the molecule is Cl.Cl.Cn1ccc(N)n1. The molecule has 0 amide bonds. The Morgan fingerprint density at radius 2 is 2.11 bits per heavy atom. The molecule has 1 aromatic heterocycles. The molecule has 0 bridgehead atoms. The maximum Gasteiger partial charge on any atom is 0.145 e. The third kappa shape index (κ3) is 3.21. The van der Waals surface area contributed by atoms with Crippen LogP contribution in [0.4, 0.5) is 5.82 Å². The normalized spacial score (nSPS) is 7.22. The van der Waals surface area contributed by atoms with Gasteiger partial charge in [-0.1, -0.05) is 0 Å². The number of nitrogen functional groups attached to an aromatic ring is 1. The summed E-state index contributed by atoms with van der Waals surface area (Å²) in [5.74, 6) is 0.572. The predicted molar refractivity (Wildman–Crippen MR) is 42.1 cm³/mol. The molecule has 9 heavy (non-hydrogen) atoms. The lowest BCUT2D eigenvalue weighted by molar-refractivity contribution is 0.772. The zero-order valence-electron chi connectivity index (χ0n) is 4.94. The Bertz CT molecular complexity index is 146. The zero-order valence-corrected chi connectivity index (χ0v) is 6.58. The first-order valence-corrected chi connectivity index (χ1v) is 2.04. The van der Waals surface area contributed by atoms with E-state index in [1.54, 1.807) is 16.9 Å². The van der Waals surface area contributed by atoms with Gasteiger partial charge in [-0.3, -0.25) is 4.68 Å². The van der Waals surface area contributed by atoms with Crippen molar-refractivity contribution < 1.29 is 0 Å². The van der Waals surface area contributed by atoms with Gasteiger partial charge in [-0.25, -0.2) is 0 Å². The van der Waals surface area contributed by atoms with Gasteiger partial charge in [0.25, 0.3) is 0 Å². The molecule has 0 aliphatic rings. The average molecular weight is 170 g/mol. The summed E-state index contributed by atoms with van der Waals surface area (Å²) in [5, 5.41) is 3.81. The van der Waals surface area contributed by atoms with Gasteiger partial charge in [0.15, 0.2) is 0 Å². The lowest BCUT2D eigenvalue weighted by atomic mass is 10.7. The first-order chi connectivity index (χ1) is 3.29. The van der Waals surface area contributed by atoms with E-state index in [0.717, 1.165) is 0 Å². The molecule has 54 valence electrons. The third-order valence-corrected chi connectivity index (χ3v) is 0.734. The molecule has 1 aromatic rings. The molecule has 0 aliphatic carbocycles. The van der Waals surface area contributed by atoms with Crippen LogP contribution >= 0.6 is 24.8 Å². The van der Waals surface area contributed by atoms with E-state index < -0.39 is 0 Å². The number of rotatable bonds is 0. The quantitative estimate of drug-likeness (QED) is 0.627. The van der Waals surface area contributed by atoms with Gasteiger partial charge in [0.2, 0.25) is 0 Å². The first kappa shape index (κ1) is 11.4. The summed E-state index contributed by atoms with van der Waals surface area (Å²) in [6.45, 7) is 0. The third-order valence-electron chi connectivity index (χ3n) is 0.734. The van der Waals surface area contributed by atoms with E-state index in [0.29, 0.717) is 5.82 Å². The van der Waals surface area contributed by atoms with Crippen LogP contribution in [0.2, 0.25) is 0 Å². The van der Waals surface area contributed by atoms with Crippen molar-refractivity contribution in [2.75, 3.05) is 5.73 Å². The van der Waals surface area contributed by atoms with Crippen LogP contribution in [0.25, 0.3) is 0 Å². The molecule has 0 atom stereocenters. The van der Waals surface area contributed by atoms with Gasteiger partial charge in [0.05, 0.1) is 0 Å². The minimum absolute atomic E-state index is 0. The van der Waals surface area contributed by atoms with Crippen LogP contribution in [0.3, 0.4) is 0 Å². The Morgan fingerprint density at radius 3 is 2.22 bits per heavy atom. The lowest BCUT2D eigenvalue weighted by Crippen LogP contribution is -1.89. The van der Waals surface area contributed by atoms with Gasteiger partial charge >= 0.3 is 0 Å². The fraction of sp³-hybridized carbons (Fsp3) is 0.250. The number of aryl methyl sites for hydroxylation is 1. The van der Waals surface area contributed by atoms with Crippen LogP contribution in [0.15, 0.2) is 12.3 Å². The highest BCUT2D eigenvalue weighted by atomic mass is 35.5. The van der Waals surface area contributed by atoms with Gasteiger partial charge in [-0.2, -0.15) is 5.10 Å². The molecule has 0 unspecified atom stereocenters. The van der Waals surface area contributed by atoms with Gasteiger partial charge in [0.1, 0.15) is 5.82 Å². The second-order valence-corrected chi connectivity index (χ2v) is 1.41. The first-order valence-electron chi connectivity index (χ1n) is 2.04. The number of anilines is 1. The van der Waals surface area contributed by atoms with Crippen molar-refractivity contribution in [1.82, 2.24) is 9.78 Å². The summed E-state index contributed by atoms with van der Waals surface area (Å²) in [5.41, 5.74) is 5.25. The number of hydrogen-bond donors (Lipinski definition) is 1. The Hall–Kier alpha value is -0.410. The highest BCUT2D eigenvalue weighted by Crippen LogP contribution is 1.90. The summed E-state index contributed by atoms with van der Waals surface area (Å²) in [4.78, 5) is 0. The molecule has 0 radical (unpaired) electrons. The Balaban J connectivity index is 0. The Morgan fingerprint density at radius 1 is 1.56 bits per heavy atom. The molecule has 1 heterocycles. The van der Waals surface area contributed by atoms with E-state index in [4.69, 9.17) is 5.73 Å². The Kier molecular flexibility index (Phi) is 5.66. The summed E-state index contributed by atoms with van der Waals surface area (Å²) in [6.07, 6.45) is 1.80. The molecule has 0 fully saturated rings. The molecular formula is C4H9Cl2N3. The molecule has 0 aliphatic heterocycles. The van der Waals surface area contributed by atoms with Gasteiger partial charge in [-0.15, -0.1) is 24.8 Å². The summed E-state index contributed by atoms with van der Waals surface area (Å²) in [6, 6.07) is 1.75. The molecule has 0 spiro atoms. The maximum atomic E-state index is 5.25. The highest BCUT2D eigenvalue weighted by molar-refractivity contribution is 5.85. The van der Waals surface area contributed by atoms with Crippen LogP contribution in [0.1, 0.15) is 0 Å². The number of halogens is 2. The van der Waals surface area contributed by atoms with E-state index >= 15 is 0 Å². The van der Waals surface area contributed by atoms with Gasteiger partial charge in [0, 0.05) is 13.2 Å². The summed E-state index contributed by atoms with van der Waals surface area (Å²) >= 11 is 0. The van der Waals surface area contributed by atoms with Crippen molar-refractivity contribution in [2.45, 2.75) is 0 Å². The summed E-state index contributed by atoms with van der Waals surface area (Å²) in [7, 11) is 1.83. The van der Waals surface area contributed by atoms with Crippen LogP contribution in [0, 0.1) is 0 Å². The van der Waals surface area contributed by atoms with Crippen molar-refractivity contribution in [3.05, 3.63) is 12.3 Å². The van der Waals surface area contributed by atoms with E-state index in [2.05, 4.69) is 5.10 Å². The van der Waals surface area contributed by atoms with E-state index in [1.165, 1.54) is 0 Å². The standard InChI is InChI=1S/C4H7N3.2ClH/c1-7-3-2-4(5)6-7;;/h2-3H,1H3,(H2,5,6);2*1H. The summed E-state index contributed by atoms with van der Waals surface area (Å²) < 4.78 is 1.66. The molecular weight excluding hydrogens is 161 g/mol. The van der Waals surface area contributed by atoms with Crippen LogP contribution in [-0.2, 0) is 7.05 Å². The van der Waals surface area contributed by atoms with E-state index in [-0.39, 0.29) is 24.8 Å². The van der Waals surface area contributed by atoms with Crippen molar-refractivity contribution in [2.24, 2.45) is 7.05 Å². The molecule has 2 N–H and O–H groups in total. The Labute approximate surface area is 66.0 Å². The van der Waals surface area contributed by atoms with Crippen molar-refractivity contribution >= 4 is 30.6 Å². The molecule has 0 aromatic carbocycles. The van der Waals surface area contributed by atoms with Crippen LogP contribution < -0.4 is 5.73 Å². The lowest BCUT2D eigenvalue weighted by Gasteiger charge is -1.79. The molecule has 0 saturated heterocycles. The van der Waals surface area contributed by atoms with E-state index in [9.17, 15) is 0 Å². The van der Waals surface area contributed by atoms with Crippen molar-refractivity contribution in [3.8, 4) is 0 Å². The molecule has 0 saturated carbocycles. The average Bonchev–Trinajstić information content (AvgIpc) is 1.87. The van der Waals surface area contributed by atoms with Gasteiger partial charge in [-0.05, 0) is 6.07 Å². The number of hydrogen-bond acceptors (Lipinski definition) is 2. The van der Waals surface area contributed by atoms with Crippen LogP contribution in [-0.4, -0.2) is 9.78 Å². The van der Waals surface area contributed by atoms with Crippen molar-refractivity contribution in [3.63, 3.8) is 0 Å². The van der Waals surface area contributed by atoms with Gasteiger partial charge < -0.3 is 5.73 Å². The van der Waals surface area contributed by atoms with Crippen LogP contribution in [0.5, 0.6) is 0 Å². The highest BCUT2D eigenvalue weighted by Gasteiger charge is 1.82. The molecule has 1 rings (SSSR count). The maximum absolute atomic E-state index is 5.25. The fourth-order valence-electron chi connectivity index (χ4n) is 0.433. The second-order valence-electron chi connectivity index (χ2n) is 1.41. The fourth-order valence-corrected chi connectivity index (χ4v) is 0.433. The van der Waals surface area contributed by atoms with E-state index in [1.807, 2.05) is 7.05 Å².